The highest BCUT2D eigenvalue weighted by Gasteiger charge is 2.22. The topological polar surface area (TPSA) is 64.3 Å². The molecule has 144 valence electrons. The number of aryl methyl sites for hydroxylation is 1. The van der Waals surface area contributed by atoms with Crippen LogP contribution in [0.1, 0.15) is 12.0 Å². The van der Waals surface area contributed by atoms with E-state index in [4.69, 9.17) is 0 Å². The fraction of sp³-hybridized carbons (Fsp3) is 0.190. The van der Waals surface area contributed by atoms with Gasteiger partial charge in [0.05, 0.1) is 26.2 Å². The quantitative estimate of drug-likeness (QED) is 0.473. The highest BCUT2D eigenvalue weighted by Crippen LogP contribution is 2.45. The Morgan fingerprint density at radius 2 is 1.86 bits per heavy atom. The lowest BCUT2D eigenvalue weighted by atomic mass is 10.1. The highest BCUT2D eigenvalue weighted by molar-refractivity contribution is 8.03. The summed E-state index contributed by atoms with van der Waals surface area (Å²) in [6, 6.07) is 18.4. The van der Waals surface area contributed by atoms with Gasteiger partial charge in [0.25, 0.3) is 0 Å². The molecule has 0 bridgehead atoms. The van der Waals surface area contributed by atoms with E-state index in [1.165, 1.54) is 10.6 Å². The second kappa shape index (κ2) is 7.58. The Hall–Kier alpha value is -2.35. The van der Waals surface area contributed by atoms with Crippen molar-refractivity contribution in [2.24, 2.45) is 0 Å². The normalized spacial score (nSPS) is 15.4. The third-order valence-corrected chi connectivity index (χ3v) is 6.76. The van der Waals surface area contributed by atoms with Crippen molar-refractivity contribution in [1.82, 2.24) is 0 Å². The van der Waals surface area contributed by atoms with Gasteiger partial charge in [0.2, 0.25) is 5.52 Å². The molecule has 2 heterocycles. The number of anilines is 1. The first kappa shape index (κ1) is 19.0. The number of fused-ring (bicyclic) bond motifs is 2. The van der Waals surface area contributed by atoms with Crippen molar-refractivity contribution in [2.75, 3.05) is 17.7 Å². The van der Waals surface area contributed by atoms with E-state index in [0.717, 1.165) is 21.5 Å². The van der Waals surface area contributed by atoms with Crippen molar-refractivity contribution in [3.05, 3.63) is 71.4 Å². The molecule has 0 saturated carbocycles. The van der Waals surface area contributed by atoms with E-state index in [9.17, 15) is 13.0 Å². The molecule has 1 aliphatic rings. The van der Waals surface area contributed by atoms with Crippen LogP contribution in [0, 0.1) is 0 Å². The van der Waals surface area contributed by atoms with Gasteiger partial charge in [-0.05, 0) is 29.8 Å². The average Bonchev–Trinajstić information content (AvgIpc) is 2.98. The molecule has 2 aromatic carbocycles. The van der Waals surface area contributed by atoms with Gasteiger partial charge in [0, 0.05) is 36.2 Å². The van der Waals surface area contributed by atoms with E-state index >= 15 is 0 Å². The van der Waals surface area contributed by atoms with E-state index in [0.29, 0.717) is 13.0 Å². The van der Waals surface area contributed by atoms with Crippen LogP contribution in [0.25, 0.3) is 17.0 Å². The molecule has 28 heavy (non-hydrogen) atoms. The van der Waals surface area contributed by atoms with Crippen molar-refractivity contribution in [3.8, 4) is 0 Å². The Morgan fingerprint density at radius 3 is 2.64 bits per heavy atom. The molecule has 1 aromatic heterocycles. The standard InChI is InChI=1S/C21H20N2O3S2/c1-22-19-9-4-5-10-20(19)27-21(22)15-16-11-13-23(12-6-14-28(24,25)26)18-8-3-2-7-17(16)18/h2-5,7-11,13,15H,6,12,14H2,1H3. The zero-order chi connectivity index (χ0) is 19.7. The van der Waals surface area contributed by atoms with Crippen LogP contribution in [0.4, 0.5) is 5.69 Å². The summed E-state index contributed by atoms with van der Waals surface area (Å²) in [5, 5.41) is 2.24. The second-order valence-corrected chi connectivity index (χ2v) is 9.29. The fourth-order valence-corrected chi connectivity index (χ4v) is 5.01. The van der Waals surface area contributed by atoms with Crippen LogP contribution in [-0.4, -0.2) is 25.8 Å². The third kappa shape index (κ3) is 3.92. The van der Waals surface area contributed by atoms with Crippen LogP contribution in [0.2, 0.25) is 0 Å². The maximum atomic E-state index is 10.9. The van der Waals surface area contributed by atoms with Gasteiger partial charge >= 0.3 is 0 Å². The Kier molecular flexibility index (Phi) is 5.14. The van der Waals surface area contributed by atoms with Crippen LogP contribution >= 0.6 is 11.8 Å². The summed E-state index contributed by atoms with van der Waals surface area (Å²) in [6.45, 7) is 0.485. The lowest BCUT2D eigenvalue weighted by molar-refractivity contribution is -0.671. The number of nitrogens with zero attached hydrogens (tertiary/aromatic N) is 2. The van der Waals surface area contributed by atoms with Gasteiger partial charge in [-0.3, -0.25) is 0 Å². The molecule has 0 fully saturated rings. The molecule has 0 saturated heterocycles. The molecule has 0 spiro atoms. The van der Waals surface area contributed by atoms with Crippen molar-refractivity contribution < 1.29 is 17.5 Å². The largest absolute Gasteiger partial charge is 0.748 e. The summed E-state index contributed by atoms with van der Waals surface area (Å²) in [7, 11) is -2.12. The first-order chi connectivity index (χ1) is 13.4. The molecule has 0 amide bonds. The molecule has 0 atom stereocenters. The number of rotatable bonds is 5. The number of hydrogen-bond donors (Lipinski definition) is 0. The molecule has 5 nitrogen and oxygen atoms in total. The molecule has 0 unspecified atom stereocenters. The zero-order valence-electron chi connectivity index (χ0n) is 15.4. The summed E-state index contributed by atoms with van der Waals surface area (Å²) in [6.07, 6.45) is 4.44. The van der Waals surface area contributed by atoms with Gasteiger partial charge in [0.1, 0.15) is 6.54 Å². The smallest absolute Gasteiger partial charge is 0.213 e. The maximum absolute atomic E-state index is 10.9. The third-order valence-electron chi connectivity index (χ3n) is 4.80. The van der Waals surface area contributed by atoms with E-state index in [-0.39, 0.29) is 5.75 Å². The summed E-state index contributed by atoms with van der Waals surface area (Å²) < 4.78 is 34.6. The molecule has 3 aromatic rings. The monoisotopic (exact) mass is 412 g/mol. The zero-order valence-corrected chi connectivity index (χ0v) is 17.0. The Balaban J connectivity index is 1.67. The minimum Gasteiger partial charge on any atom is -0.748 e. The van der Waals surface area contributed by atoms with Gasteiger partial charge in [-0.2, -0.15) is 4.57 Å². The number of pyridine rings is 1. The van der Waals surface area contributed by atoms with Gasteiger partial charge < -0.3 is 9.45 Å². The van der Waals surface area contributed by atoms with Crippen molar-refractivity contribution in [2.45, 2.75) is 17.9 Å². The first-order valence-electron chi connectivity index (χ1n) is 8.99. The van der Waals surface area contributed by atoms with Crippen LogP contribution in [0.15, 0.2) is 70.7 Å². The highest BCUT2D eigenvalue weighted by atomic mass is 32.2. The Bertz CT molecular complexity index is 1170. The van der Waals surface area contributed by atoms with Gasteiger partial charge in [0.15, 0.2) is 6.20 Å². The average molecular weight is 413 g/mol. The second-order valence-electron chi connectivity index (χ2n) is 6.71. The predicted octanol–water partition coefficient (Wildman–Crippen LogP) is 3.60. The Labute approximate surface area is 169 Å². The molecule has 7 heteroatoms. The maximum Gasteiger partial charge on any atom is 0.213 e. The van der Waals surface area contributed by atoms with E-state index in [1.54, 1.807) is 11.8 Å². The van der Waals surface area contributed by atoms with Crippen LogP contribution in [-0.2, 0) is 16.7 Å². The minimum atomic E-state index is -4.18. The molecule has 0 N–H and O–H groups in total. The fourth-order valence-electron chi connectivity index (χ4n) is 3.42. The van der Waals surface area contributed by atoms with Crippen molar-refractivity contribution >= 4 is 44.5 Å². The number of benzene rings is 2. The number of hydrogen-bond acceptors (Lipinski definition) is 5. The summed E-state index contributed by atoms with van der Waals surface area (Å²) in [5.41, 5.74) is 3.32. The predicted molar refractivity (Wildman–Crippen MR) is 112 cm³/mol. The lowest BCUT2D eigenvalue weighted by Crippen LogP contribution is -2.35. The number of aromatic nitrogens is 1. The van der Waals surface area contributed by atoms with E-state index in [2.05, 4.69) is 36.2 Å². The lowest BCUT2D eigenvalue weighted by Gasteiger charge is -2.13. The summed E-state index contributed by atoms with van der Waals surface area (Å²) in [4.78, 5) is 3.43. The van der Waals surface area contributed by atoms with Crippen LogP contribution in [0.5, 0.6) is 0 Å². The summed E-state index contributed by atoms with van der Waals surface area (Å²) in [5.74, 6) is -0.347. The number of para-hydroxylation sites is 2. The SMILES string of the molecule is CN1/C(=C/c2cc[n+](CCCS(=O)(=O)[O-])c3ccccc23)Sc2ccccc21. The summed E-state index contributed by atoms with van der Waals surface area (Å²) >= 11 is 1.75. The first-order valence-corrected chi connectivity index (χ1v) is 11.4. The number of thioether (sulfide) groups is 1. The van der Waals surface area contributed by atoms with Crippen LogP contribution < -0.4 is 9.47 Å². The molecular weight excluding hydrogens is 392 g/mol. The van der Waals surface area contributed by atoms with Crippen molar-refractivity contribution in [3.63, 3.8) is 0 Å². The Morgan fingerprint density at radius 1 is 1.11 bits per heavy atom. The minimum absolute atomic E-state index is 0.300. The molecule has 4 rings (SSSR count). The molecule has 0 radical (unpaired) electrons. The van der Waals surface area contributed by atoms with Gasteiger partial charge in [-0.25, -0.2) is 8.42 Å². The molecule has 1 aliphatic heterocycles. The van der Waals surface area contributed by atoms with Crippen molar-refractivity contribution in [1.29, 1.82) is 0 Å². The van der Waals surface area contributed by atoms with Gasteiger partial charge in [-0.15, -0.1) is 0 Å². The van der Waals surface area contributed by atoms with Gasteiger partial charge in [-0.1, -0.05) is 36.0 Å². The van der Waals surface area contributed by atoms with E-state index < -0.39 is 10.1 Å². The van der Waals surface area contributed by atoms with E-state index in [1.807, 2.05) is 47.2 Å². The van der Waals surface area contributed by atoms with Crippen LogP contribution in [0.3, 0.4) is 0 Å². The molecule has 0 aliphatic carbocycles. The molecular formula is C21H20N2O3S2.